The lowest BCUT2D eigenvalue weighted by atomic mass is 10.1. The second-order valence-electron chi connectivity index (χ2n) is 2.65. The molecule has 1 heterocycles. The van der Waals surface area contributed by atoms with Gasteiger partial charge in [-0.1, -0.05) is 0 Å². The molecule has 0 spiro atoms. The van der Waals surface area contributed by atoms with Gasteiger partial charge in [-0.15, -0.1) is 4.91 Å². The van der Waals surface area contributed by atoms with Crippen molar-refractivity contribution in [1.82, 2.24) is 5.01 Å². The van der Waals surface area contributed by atoms with Crippen LogP contribution in [0.15, 0.2) is 5.29 Å². The molecule has 1 aliphatic rings. The fourth-order valence-corrected chi connectivity index (χ4v) is 1.34. The highest BCUT2D eigenvalue weighted by Gasteiger charge is 2.21. The zero-order valence-corrected chi connectivity index (χ0v) is 6.82. The first-order chi connectivity index (χ1) is 5.38. The lowest BCUT2D eigenvalue weighted by Crippen LogP contribution is -2.37. The molecule has 0 N–H and O–H groups in total. The molecule has 4 heteroatoms. The van der Waals surface area contributed by atoms with E-state index in [-0.39, 0.29) is 6.23 Å². The van der Waals surface area contributed by atoms with E-state index in [9.17, 15) is 4.91 Å². The van der Waals surface area contributed by atoms with Crippen molar-refractivity contribution in [2.24, 2.45) is 5.29 Å². The highest BCUT2D eigenvalue weighted by molar-refractivity contribution is 4.65. The highest BCUT2D eigenvalue weighted by Crippen LogP contribution is 2.17. The van der Waals surface area contributed by atoms with Gasteiger partial charge in [-0.2, -0.15) is 0 Å². The van der Waals surface area contributed by atoms with Gasteiger partial charge in [-0.05, 0) is 26.2 Å². The molecular weight excluding hydrogens is 144 g/mol. The van der Waals surface area contributed by atoms with Crippen LogP contribution in [0.1, 0.15) is 26.2 Å². The van der Waals surface area contributed by atoms with E-state index in [4.69, 9.17) is 4.74 Å². The Kier molecular flexibility index (Phi) is 3.29. The molecule has 4 nitrogen and oxygen atoms in total. The predicted molar refractivity (Wildman–Crippen MR) is 41.8 cm³/mol. The summed E-state index contributed by atoms with van der Waals surface area (Å²) in [7, 11) is 0. The van der Waals surface area contributed by atoms with E-state index in [1.165, 1.54) is 5.01 Å². The van der Waals surface area contributed by atoms with E-state index in [1.54, 1.807) is 0 Å². The summed E-state index contributed by atoms with van der Waals surface area (Å²) in [6, 6.07) is 0. The molecular formula is C7H14N2O2. The predicted octanol–water partition coefficient (Wildman–Crippen LogP) is 1.52. The molecule has 1 unspecified atom stereocenters. The van der Waals surface area contributed by atoms with E-state index in [1.807, 2.05) is 6.92 Å². The van der Waals surface area contributed by atoms with Crippen molar-refractivity contribution in [3.05, 3.63) is 4.91 Å². The average molecular weight is 158 g/mol. The van der Waals surface area contributed by atoms with Gasteiger partial charge in [0, 0.05) is 13.2 Å². The largest absolute Gasteiger partial charge is 0.357 e. The number of ether oxygens (including phenoxy) is 1. The van der Waals surface area contributed by atoms with Crippen molar-refractivity contribution < 1.29 is 4.74 Å². The third-order valence-electron chi connectivity index (χ3n) is 1.88. The van der Waals surface area contributed by atoms with Gasteiger partial charge in [0.1, 0.15) is 6.23 Å². The second-order valence-corrected chi connectivity index (χ2v) is 2.65. The Morgan fingerprint density at radius 2 is 2.45 bits per heavy atom. The molecule has 11 heavy (non-hydrogen) atoms. The maximum Gasteiger partial charge on any atom is 0.148 e. The Bertz CT molecular complexity index is 128. The Hall–Kier alpha value is -0.640. The maximum absolute atomic E-state index is 10.2. The fourth-order valence-electron chi connectivity index (χ4n) is 1.34. The Labute approximate surface area is 66.5 Å². The van der Waals surface area contributed by atoms with Gasteiger partial charge in [-0.3, -0.25) is 0 Å². The molecule has 0 aromatic rings. The first-order valence-electron chi connectivity index (χ1n) is 4.10. The summed E-state index contributed by atoms with van der Waals surface area (Å²) in [4.78, 5) is 10.2. The summed E-state index contributed by atoms with van der Waals surface area (Å²) < 4.78 is 5.32. The van der Waals surface area contributed by atoms with Gasteiger partial charge in [0.05, 0.1) is 5.29 Å². The molecule has 1 saturated heterocycles. The summed E-state index contributed by atoms with van der Waals surface area (Å²) in [6.45, 7) is 3.32. The molecule has 0 saturated carbocycles. The molecule has 0 aliphatic carbocycles. The Balaban J connectivity index is 2.37. The van der Waals surface area contributed by atoms with E-state index < -0.39 is 0 Å². The number of hydrogen-bond donors (Lipinski definition) is 0. The summed E-state index contributed by atoms with van der Waals surface area (Å²) in [5, 5.41) is 4.40. The van der Waals surface area contributed by atoms with E-state index >= 15 is 0 Å². The second kappa shape index (κ2) is 4.28. The van der Waals surface area contributed by atoms with Crippen molar-refractivity contribution in [1.29, 1.82) is 0 Å². The minimum Gasteiger partial charge on any atom is -0.357 e. The van der Waals surface area contributed by atoms with Crippen LogP contribution in [0.3, 0.4) is 0 Å². The lowest BCUT2D eigenvalue weighted by Gasteiger charge is -2.29. The quantitative estimate of drug-likeness (QED) is 0.585. The molecule has 1 aliphatic heterocycles. The molecule has 0 radical (unpaired) electrons. The van der Waals surface area contributed by atoms with Crippen molar-refractivity contribution in [2.75, 3.05) is 13.2 Å². The average Bonchev–Trinajstić information content (AvgIpc) is 2.06. The standard InChI is InChI=1S/C7H14N2O2/c1-2-11-7-5-3-4-6-9(7)8-10/h7H,2-6H2,1H3. The Morgan fingerprint density at radius 3 is 3.09 bits per heavy atom. The molecule has 0 aromatic carbocycles. The van der Waals surface area contributed by atoms with Gasteiger partial charge in [0.25, 0.3) is 0 Å². The van der Waals surface area contributed by atoms with Crippen LogP contribution in [0.5, 0.6) is 0 Å². The summed E-state index contributed by atoms with van der Waals surface area (Å²) in [6.07, 6.45) is 3.05. The van der Waals surface area contributed by atoms with Crippen molar-refractivity contribution in [3.8, 4) is 0 Å². The first kappa shape index (κ1) is 8.46. The topological polar surface area (TPSA) is 41.9 Å². The summed E-state index contributed by atoms with van der Waals surface area (Å²) in [5.41, 5.74) is 0. The van der Waals surface area contributed by atoms with Gasteiger partial charge in [0.15, 0.2) is 0 Å². The zero-order valence-electron chi connectivity index (χ0n) is 6.82. The number of rotatable bonds is 3. The number of piperidine rings is 1. The molecule has 64 valence electrons. The van der Waals surface area contributed by atoms with Crippen LogP contribution < -0.4 is 0 Å². The SMILES string of the molecule is CCOC1CCCCN1N=O. The minimum atomic E-state index is -0.0637. The molecule has 1 fully saturated rings. The van der Waals surface area contributed by atoms with Crippen LogP contribution in [0.4, 0.5) is 0 Å². The van der Waals surface area contributed by atoms with Crippen LogP contribution in [0.25, 0.3) is 0 Å². The van der Waals surface area contributed by atoms with Crippen LogP contribution in [0, 0.1) is 4.91 Å². The van der Waals surface area contributed by atoms with Crippen LogP contribution >= 0.6 is 0 Å². The fraction of sp³-hybridized carbons (Fsp3) is 1.00. The normalized spacial score (nSPS) is 25.2. The summed E-state index contributed by atoms with van der Waals surface area (Å²) in [5.74, 6) is 0. The molecule has 0 amide bonds. The Morgan fingerprint density at radius 1 is 1.64 bits per heavy atom. The van der Waals surface area contributed by atoms with Crippen LogP contribution in [-0.2, 0) is 4.74 Å². The molecule has 1 rings (SSSR count). The van der Waals surface area contributed by atoms with Gasteiger partial charge < -0.3 is 4.74 Å². The van der Waals surface area contributed by atoms with E-state index in [0.717, 1.165) is 25.8 Å². The van der Waals surface area contributed by atoms with Crippen molar-refractivity contribution >= 4 is 0 Å². The van der Waals surface area contributed by atoms with E-state index in [2.05, 4.69) is 5.29 Å². The van der Waals surface area contributed by atoms with Crippen molar-refractivity contribution in [3.63, 3.8) is 0 Å². The zero-order chi connectivity index (χ0) is 8.10. The number of nitrogens with zero attached hydrogens (tertiary/aromatic N) is 2. The maximum atomic E-state index is 10.2. The van der Waals surface area contributed by atoms with Crippen LogP contribution in [0.2, 0.25) is 0 Å². The minimum absolute atomic E-state index is 0.0637. The number of hydrogen-bond acceptors (Lipinski definition) is 3. The lowest BCUT2D eigenvalue weighted by molar-refractivity contribution is -0.0754. The van der Waals surface area contributed by atoms with Gasteiger partial charge >= 0.3 is 0 Å². The summed E-state index contributed by atoms with van der Waals surface area (Å²) >= 11 is 0. The van der Waals surface area contributed by atoms with Crippen LogP contribution in [-0.4, -0.2) is 24.4 Å². The third-order valence-corrected chi connectivity index (χ3v) is 1.88. The smallest absolute Gasteiger partial charge is 0.148 e. The molecule has 1 atom stereocenters. The van der Waals surface area contributed by atoms with Crippen molar-refractivity contribution in [2.45, 2.75) is 32.4 Å². The number of nitroso groups, excluding NO2 is 1. The highest BCUT2D eigenvalue weighted by atomic mass is 16.5. The monoisotopic (exact) mass is 158 g/mol. The third kappa shape index (κ3) is 2.15. The first-order valence-corrected chi connectivity index (χ1v) is 4.10. The van der Waals surface area contributed by atoms with Gasteiger partial charge in [-0.25, -0.2) is 5.01 Å². The molecule has 0 aromatic heterocycles. The molecule has 0 bridgehead atoms. The van der Waals surface area contributed by atoms with E-state index in [0.29, 0.717) is 6.61 Å². The van der Waals surface area contributed by atoms with Gasteiger partial charge in [0.2, 0.25) is 0 Å².